The smallest absolute Gasteiger partial charge is 0.320 e. The van der Waals surface area contributed by atoms with Crippen molar-refractivity contribution in [2.24, 2.45) is 5.73 Å². The van der Waals surface area contributed by atoms with Crippen LogP contribution in [-0.2, 0) is 9.59 Å². The minimum absolute atomic E-state index is 0.164. The van der Waals surface area contributed by atoms with Gasteiger partial charge in [-0.2, -0.15) is 0 Å². The monoisotopic (exact) mass is 426 g/mol. The number of carbonyl (C=O) groups is 2. The number of rotatable bonds is 19. The Kier molecular flexibility index (Phi) is 24.6. The highest BCUT2D eigenvalue weighted by atomic mass is 16.4. The van der Waals surface area contributed by atoms with Gasteiger partial charge in [-0.3, -0.25) is 14.5 Å². The highest BCUT2D eigenvalue weighted by Crippen LogP contribution is 2.09. The summed E-state index contributed by atoms with van der Waals surface area (Å²) in [7, 11) is 3.57. The summed E-state index contributed by atoms with van der Waals surface area (Å²) in [4.78, 5) is 22.8. The minimum atomic E-state index is -0.730. The Hall–Kier alpha value is -1.36. The average Bonchev–Trinajstić information content (AvgIpc) is 2.68. The summed E-state index contributed by atoms with van der Waals surface area (Å²) in [6.45, 7) is 4.25. The molecule has 0 bridgehead atoms. The van der Waals surface area contributed by atoms with Crippen LogP contribution < -0.4 is 5.73 Å². The molecular weight excluding hydrogens is 376 g/mol. The van der Waals surface area contributed by atoms with Gasteiger partial charge >= 0.3 is 5.97 Å². The van der Waals surface area contributed by atoms with E-state index >= 15 is 0 Å². The van der Waals surface area contributed by atoms with Gasteiger partial charge in [0.25, 0.3) is 0 Å². The lowest BCUT2D eigenvalue weighted by molar-refractivity contribution is -0.142. The van der Waals surface area contributed by atoms with Gasteiger partial charge in [0, 0.05) is 6.42 Å². The van der Waals surface area contributed by atoms with Gasteiger partial charge in [-0.25, -0.2) is 0 Å². The first kappa shape index (κ1) is 30.8. The van der Waals surface area contributed by atoms with E-state index in [1.165, 1.54) is 70.6 Å². The summed E-state index contributed by atoms with van der Waals surface area (Å²) >= 11 is 0. The molecule has 1 atom stereocenters. The molecule has 0 heterocycles. The van der Waals surface area contributed by atoms with Crippen molar-refractivity contribution in [1.82, 2.24) is 4.90 Å². The topological polar surface area (TPSA) is 83.6 Å². The van der Waals surface area contributed by atoms with Crippen LogP contribution in [0, 0.1) is 0 Å². The molecule has 0 aliphatic carbocycles. The average molecular weight is 427 g/mol. The van der Waals surface area contributed by atoms with Crippen molar-refractivity contribution < 1.29 is 14.7 Å². The number of amides is 1. The molecule has 0 radical (unpaired) electrons. The SMILES string of the molecule is CCCC(C(=O)O)N(C)C.CCCCCCCCC=CCCCCCCCC(N)=O. The van der Waals surface area contributed by atoms with Crippen molar-refractivity contribution in [3.8, 4) is 0 Å². The molecule has 30 heavy (non-hydrogen) atoms. The summed E-state index contributed by atoms with van der Waals surface area (Å²) in [6.07, 6.45) is 23.6. The second-order valence-electron chi connectivity index (χ2n) is 8.41. The summed E-state index contributed by atoms with van der Waals surface area (Å²) in [5.41, 5.74) is 5.10. The molecule has 0 aromatic rings. The molecule has 5 nitrogen and oxygen atoms in total. The van der Waals surface area contributed by atoms with E-state index in [0.717, 1.165) is 25.7 Å². The Balaban J connectivity index is 0. The van der Waals surface area contributed by atoms with Crippen LogP contribution in [0.5, 0.6) is 0 Å². The lowest BCUT2D eigenvalue weighted by Gasteiger charge is -2.18. The first-order valence-electron chi connectivity index (χ1n) is 12.2. The van der Waals surface area contributed by atoms with Gasteiger partial charge < -0.3 is 10.8 Å². The number of nitrogens with zero attached hydrogens (tertiary/aromatic N) is 1. The molecule has 1 unspecified atom stereocenters. The summed E-state index contributed by atoms with van der Waals surface area (Å²) < 4.78 is 0. The van der Waals surface area contributed by atoms with Gasteiger partial charge in [0.2, 0.25) is 5.91 Å². The molecule has 3 N–H and O–H groups in total. The summed E-state index contributed by atoms with van der Waals surface area (Å²) in [5, 5.41) is 8.63. The zero-order valence-electron chi connectivity index (χ0n) is 20.3. The highest BCUT2D eigenvalue weighted by Gasteiger charge is 2.17. The lowest BCUT2D eigenvalue weighted by Crippen LogP contribution is -2.35. The first-order chi connectivity index (χ1) is 14.4. The minimum Gasteiger partial charge on any atom is -0.480 e. The standard InChI is InChI=1S/C18H35NO.C7H15NO2/c1-2-3-4-5-6-7-8-9-10-11-12-13-14-15-16-17-18(19)20;1-4-5-6(7(9)10)8(2)3/h9-10H,2-8,11-17H2,1H3,(H2,19,20);6H,4-5H2,1-3H3,(H,9,10). The van der Waals surface area contributed by atoms with Crippen molar-refractivity contribution in [3.63, 3.8) is 0 Å². The van der Waals surface area contributed by atoms with Crippen LogP contribution in [0.4, 0.5) is 0 Å². The third kappa shape index (κ3) is 24.7. The van der Waals surface area contributed by atoms with Crippen molar-refractivity contribution in [2.45, 2.75) is 123 Å². The van der Waals surface area contributed by atoms with E-state index < -0.39 is 5.97 Å². The fourth-order valence-corrected chi connectivity index (χ4v) is 3.25. The van der Waals surface area contributed by atoms with Gasteiger partial charge in [-0.05, 0) is 52.6 Å². The van der Waals surface area contributed by atoms with Crippen LogP contribution in [-0.4, -0.2) is 42.0 Å². The molecule has 0 aliphatic rings. The number of carboxylic acids is 1. The molecule has 0 aromatic heterocycles. The van der Waals surface area contributed by atoms with E-state index in [1.807, 2.05) is 6.92 Å². The number of primary amides is 1. The number of carbonyl (C=O) groups excluding carboxylic acids is 1. The predicted molar refractivity (Wildman–Crippen MR) is 129 cm³/mol. The molecule has 0 fully saturated rings. The molecule has 0 spiro atoms. The van der Waals surface area contributed by atoms with E-state index in [-0.39, 0.29) is 11.9 Å². The number of carboxylic acid groups (broad SMARTS) is 1. The van der Waals surface area contributed by atoms with Gasteiger partial charge in [0.05, 0.1) is 0 Å². The Morgan fingerprint density at radius 3 is 1.63 bits per heavy atom. The fourth-order valence-electron chi connectivity index (χ4n) is 3.25. The van der Waals surface area contributed by atoms with E-state index in [2.05, 4.69) is 19.1 Å². The zero-order valence-corrected chi connectivity index (χ0v) is 20.3. The normalized spacial score (nSPS) is 12.0. The third-order valence-corrected chi connectivity index (χ3v) is 5.16. The molecule has 5 heteroatoms. The van der Waals surface area contributed by atoms with Gasteiger partial charge in [-0.1, -0.05) is 83.8 Å². The maximum absolute atomic E-state index is 10.5. The molecule has 0 aliphatic heterocycles. The van der Waals surface area contributed by atoms with Crippen molar-refractivity contribution >= 4 is 11.9 Å². The number of hydrogen-bond acceptors (Lipinski definition) is 3. The second kappa shape index (κ2) is 23.9. The van der Waals surface area contributed by atoms with E-state index in [0.29, 0.717) is 6.42 Å². The molecule has 1 amide bonds. The van der Waals surface area contributed by atoms with Gasteiger partial charge in [0.15, 0.2) is 0 Å². The van der Waals surface area contributed by atoms with E-state index in [1.54, 1.807) is 19.0 Å². The van der Waals surface area contributed by atoms with Crippen LogP contribution in [0.1, 0.15) is 117 Å². The molecule has 0 rings (SSSR count). The van der Waals surface area contributed by atoms with Gasteiger partial charge in [0.1, 0.15) is 6.04 Å². The highest BCUT2D eigenvalue weighted by molar-refractivity contribution is 5.73. The molecular formula is C25H50N2O3. The molecule has 0 saturated carbocycles. The van der Waals surface area contributed by atoms with Crippen molar-refractivity contribution in [1.29, 1.82) is 0 Å². The van der Waals surface area contributed by atoms with E-state index in [9.17, 15) is 9.59 Å². The Labute approximate surface area is 186 Å². The van der Waals surface area contributed by atoms with Crippen molar-refractivity contribution in [3.05, 3.63) is 12.2 Å². The summed E-state index contributed by atoms with van der Waals surface area (Å²) in [6, 6.07) is -0.315. The molecule has 0 saturated heterocycles. The number of likely N-dealkylation sites (N-methyl/N-ethyl adjacent to an activating group) is 1. The van der Waals surface area contributed by atoms with Crippen LogP contribution in [0.3, 0.4) is 0 Å². The summed E-state index contributed by atoms with van der Waals surface area (Å²) in [5.74, 6) is -0.894. The lowest BCUT2D eigenvalue weighted by atomic mass is 10.1. The Morgan fingerprint density at radius 2 is 1.27 bits per heavy atom. The number of hydrogen-bond donors (Lipinski definition) is 2. The largest absolute Gasteiger partial charge is 0.480 e. The van der Waals surface area contributed by atoms with E-state index in [4.69, 9.17) is 10.8 Å². The number of unbranched alkanes of at least 4 members (excludes halogenated alkanes) is 11. The molecule has 0 aromatic carbocycles. The number of nitrogens with two attached hydrogens (primary N) is 1. The van der Waals surface area contributed by atoms with Crippen LogP contribution in [0.25, 0.3) is 0 Å². The zero-order chi connectivity index (χ0) is 23.0. The Bertz CT molecular complexity index is 423. The van der Waals surface area contributed by atoms with Crippen LogP contribution in [0.2, 0.25) is 0 Å². The number of aliphatic carboxylic acids is 1. The second-order valence-corrected chi connectivity index (χ2v) is 8.41. The predicted octanol–water partition coefficient (Wildman–Crippen LogP) is 6.31. The van der Waals surface area contributed by atoms with Crippen LogP contribution >= 0.6 is 0 Å². The first-order valence-corrected chi connectivity index (χ1v) is 12.2. The third-order valence-electron chi connectivity index (χ3n) is 5.16. The molecule has 178 valence electrons. The Morgan fingerprint density at radius 1 is 0.800 bits per heavy atom. The maximum Gasteiger partial charge on any atom is 0.320 e. The van der Waals surface area contributed by atoms with Crippen molar-refractivity contribution in [2.75, 3.05) is 14.1 Å². The quantitative estimate of drug-likeness (QED) is 0.187. The van der Waals surface area contributed by atoms with Gasteiger partial charge in [-0.15, -0.1) is 0 Å². The van der Waals surface area contributed by atoms with Crippen LogP contribution in [0.15, 0.2) is 12.2 Å². The fraction of sp³-hybridized carbons (Fsp3) is 0.840. The number of allylic oxidation sites excluding steroid dienone is 2. The maximum atomic E-state index is 10.5.